The Morgan fingerprint density at radius 3 is 2.92 bits per heavy atom. The highest BCUT2D eigenvalue weighted by atomic mass is 15.0. The molecule has 2 N–H and O–H groups in total. The van der Waals surface area contributed by atoms with E-state index < -0.39 is 0 Å². The van der Waals surface area contributed by atoms with Gasteiger partial charge in [-0.15, -0.1) is 0 Å². The van der Waals surface area contributed by atoms with E-state index in [1.807, 2.05) is 6.20 Å². The van der Waals surface area contributed by atoms with Crippen LogP contribution in [0.4, 0.5) is 0 Å². The van der Waals surface area contributed by atoms with Gasteiger partial charge in [0.25, 0.3) is 0 Å². The molecular formula is C10H19N3. The first-order chi connectivity index (χ1) is 6.36. The number of H-pyrrole nitrogens is 1. The first-order valence-corrected chi connectivity index (χ1v) is 5.07. The summed E-state index contributed by atoms with van der Waals surface area (Å²) in [5, 5.41) is 3.50. The maximum atomic E-state index is 3.98. The Morgan fingerprint density at radius 1 is 1.54 bits per heavy atom. The number of aromatic nitrogens is 2. The molecule has 13 heavy (non-hydrogen) atoms. The zero-order valence-electron chi connectivity index (χ0n) is 8.51. The highest BCUT2D eigenvalue weighted by Crippen LogP contribution is 2.02. The predicted molar refractivity (Wildman–Crippen MR) is 54.4 cm³/mol. The van der Waals surface area contributed by atoms with Crippen molar-refractivity contribution < 1.29 is 0 Å². The molecule has 74 valence electrons. The number of aromatic amines is 1. The van der Waals surface area contributed by atoms with Crippen molar-refractivity contribution in [3.05, 3.63) is 18.2 Å². The standard InChI is InChI=1S/C10H19N3/c1-3-5-9(4-2)12-7-10-6-11-8-13-10/h6,8-9,12H,3-5,7H2,1-2H3,(H,11,13). The number of hydrogen-bond acceptors (Lipinski definition) is 2. The van der Waals surface area contributed by atoms with Crippen LogP contribution in [-0.4, -0.2) is 16.0 Å². The number of nitrogens with one attached hydrogen (secondary N) is 2. The lowest BCUT2D eigenvalue weighted by Gasteiger charge is -2.14. The average Bonchev–Trinajstić information content (AvgIpc) is 2.64. The van der Waals surface area contributed by atoms with Crippen LogP contribution in [0.3, 0.4) is 0 Å². The molecule has 1 rings (SSSR count). The summed E-state index contributed by atoms with van der Waals surface area (Å²) in [5.41, 5.74) is 1.16. The Balaban J connectivity index is 2.23. The normalized spacial score (nSPS) is 13.1. The van der Waals surface area contributed by atoms with Crippen LogP contribution in [0, 0.1) is 0 Å². The molecule has 0 aromatic carbocycles. The van der Waals surface area contributed by atoms with E-state index in [1.165, 1.54) is 19.3 Å². The molecule has 1 heterocycles. The summed E-state index contributed by atoms with van der Waals surface area (Å²) in [6, 6.07) is 0.647. The lowest BCUT2D eigenvalue weighted by atomic mass is 10.1. The van der Waals surface area contributed by atoms with Gasteiger partial charge in [0.2, 0.25) is 0 Å². The minimum absolute atomic E-state index is 0.647. The van der Waals surface area contributed by atoms with E-state index >= 15 is 0 Å². The summed E-state index contributed by atoms with van der Waals surface area (Å²) in [6.07, 6.45) is 7.28. The van der Waals surface area contributed by atoms with Gasteiger partial charge in [0, 0.05) is 24.5 Å². The molecule has 0 aliphatic carbocycles. The molecular weight excluding hydrogens is 162 g/mol. The molecule has 1 aromatic heterocycles. The molecule has 0 fully saturated rings. The monoisotopic (exact) mass is 181 g/mol. The minimum atomic E-state index is 0.647. The first kappa shape index (κ1) is 10.3. The second-order valence-corrected chi connectivity index (χ2v) is 3.35. The van der Waals surface area contributed by atoms with Gasteiger partial charge >= 0.3 is 0 Å². The van der Waals surface area contributed by atoms with Crippen molar-refractivity contribution in [2.45, 2.75) is 45.7 Å². The molecule has 1 atom stereocenters. The van der Waals surface area contributed by atoms with Gasteiger partial charge in [0.15, 0.2) is 0 Å². The molecule has 0 amide bonds. The van der Waals surface area contributed by atoms with E-state index in [0.717, 1.165) is 12.2 Å². The Hall–Kier alpha value is -0.830. The molecule has 0 aliphatic rings. The van der Waals surface area contributed by atoms with Gasteiger partial charge in [-0.25, -0.2) is 4.98 Å². The lowest BCUT2D eigenvalue weighted by molar-refractivity contribution is 0.460. The smallest absolute Gasteiger partial charge is 0.0922 e. The van der Waals surface area contributed by atoms with Crippen molar-refractivity contribution in [1.29, 1.82) is 0 Å². The topological polar surface area (TPSA) is 40.7 Å². The molecule has 0 aliphatic heterocycles. The molecule has 0 spiro atoms. The van der Waals surface area contributed by atoms with E-state index in [9.17, 15) is 0 Å². The first-order valence-electron chi connectivity index (χ1n) is 5.07. The van der Waals surface area contributed by atoms with Crippen LogP contribution in [0.15, 0.2) is 12.5 Å². The zero-order valence-corrected chi connectivity index (χ0v) is 8.51. The quantitative estimate of drug-likeness (QED) is 0.705. The van der Waals surface area contributed by atoms with Gasteiger partial charge in [-0.05, 0) is 12.8 Å². The molecule has 1 unspecified atom stereocenters. The van der Waals surface area contributed by atoms with E-state index in [0.29, 0.717) is 6.04 Å². The summed E-state index contributed by atoms with van der Waals surface area (Å²) in [4.78, 5) is 7.06. The Kier molecular flexibility index (Phi) is 4.54. The fourth-order valence-electron chi connectivity index (χ4n) is 1.43. The van der Waals surface area contributed by atoms with E-state index in [4.69, 9.17) is 0 Å². The van der Waals surface area contributed by atoms with Gasteiger partial charge in [-0.1, -0.05) is 20.3 Å². The Labute approximate surface area is 80.0 Å². The lowest BCUT2D eigenvalue weighted by Crippen LogP contribution is -2.27. The third-order valence-electron chi connectivity index (χ3n) is 2.27. The fraction of sp³-hybridized carbons (Fsp3) is 0.700. The summed E-state index contributed by atoms with van der Waals surface area (Å²) in [6.45, 7) is 5.35. The maximum Gasteiger partial charge on any atom is 0.0922 e. The summed E-state index contributed by atoms with van der Waals surface area (Å²) < 4.78 is 0. The van der Waals surface area contributed by atoms with Crippen molar-refractivity contribution in [2.24, 2.45) is 0 Å². The van der Waals surface area contributed by atoms with E-state index in [2.05, 4.69) is 29.1 Å². The van der Waals surface area contributed by atoms with Crippen LogP contribution < -0.4 is 5.32 Å². The van der Waals surface area contributed by atoms with Gasteiger partial charge in [0.1, 0.15) is 0 Å². The molecule has 3 heteroatoms. The van der Waals surface area contributed by atoms with Crippen molar-refractivity contribution in [1.82, 2.24) is 15.3 Å². The third kappa shape index (κ3) is 3.59. The maximum absolute atomic E-state index is 3.98. The Morgan fingerprint density at radius 2 is 2.38 bits per heavy atom. The predicted octanol–water partition coefficient (Wildman–Crippen LogP) is 2.08. The van der Waals surface area contributed by atoms with Crippen molar-refractivity contribution in [3.8, 4) is 0 Å². The van der Waals surface area contributed by atoms with Crippen molar-refractivity contribution >= 4 is 0 Å². The van der Waals surface area contributed by atoms with Crippen LogP contribution >= 0.6 is 0 Å². The second-order valence-electron chi connectivity index (χ2n) is 3.35. The summed E-state index contributed by atoms with van der Waals surface area (Å²) >= 11 is 0. The van der Waals surface area contributed by atoms with E-state index in [1.54, 1.807) is 6.33 Å². The summed E-state index contributed by atoms with van der Waals surface area (Å²) in [7, 11) is 0. The van der Waals surface area contributed by atoms with Crippen LogP contribution in [-0.2, 0) is 6.54 Å². The van der Waals surface area contributed by atoms with Crippen molar-refractivity contribution in [2.75, 3.05) is 0 Å². The van der Waals surface area contributed by atoms with Gasteiger partial charge in [-0.3, -0.25) is 0 Å². The van der Waals surface area contributed by atoms with Gasteiger partial charge < -0.3 is 10.3 Å². The van der Waals surface area contributed by atoms with E-state index in [-0.39, 0.29) is 0 Å². The third-order valence-corrected chi connectivity index (χ3v) is 2.27. The fourth-order valence-corrected chi connectivity index (χ4v) is 1.43. The minimum Gasteiger partial charge on any atom is -0.347 e. The zero-order chi connectivity index (χ0) is 9.52. The number of nitrogens with zero attached hydrogens (tertiary/aromatic N) is 1. The number of hydrogen-bond donors (Lipinski definition) is 2. The van der Waals surface area contributed by atoms with Gasteiger partial charge in [-0.2, -0.15) is 0 Å². The van der Waals surface area contributed by atoms with Crippen LogP contribution in [0.5, 0.6) is 0 Å². The molecule has 3 nitrogen and oxygen atoms in total. The highest BCUT2D eigenvalue weighted by Gasteiger charge is 2.03. The molecule has 0 saturated heterocycles. The molecule has 1 aromatic rings. The average molecular weight is 181 g/mol. The largest absolute Gasteiger partial charge is 0.347 e. The summed E-state index contributed by atoms with van der Waals surface area (Å²) in [5.74, 6) is 0. The van der Waals surface area contributed by atoms with Crippen LogP contribution in [0.25, 0.3) is 0 Å². The van der Waals surface area contributed by atoms with Gasteiger partial charge in [0.05, 0.1) is 6.33 Å². The molecule has 0 bridgehead atoms. The SMILES string of the molecule is CCCC(CC)NCc1cnc[nH]1. The second kappa shape index (κ2) is 5.75. The number of rotatable bonds is 6. The van der Waals surface area contributed by atoms with Crippen LogP contribution in [0.2, 0.25) is 0 Å². The van der Waals surface area contributed by atoms with Crippen molar-refractivity contribution in [3.63, 3.8) is 0 Å². The Bertz CT molecular complexity index is 206. The number of imidazole rings is 1. The highest BCUT2D eigenvalue weighted by molar-refractivity contribution is 4.93. The molecule has 0 radical (unpaired) electrons. The van der Waals surface area contributed by atoms with Crippen LogP contribution in [0.1, 0.15) is 38.8 Å². The molecule has 0 saturated carbocycles.